The van der Waals surface area contributed by atoms with Gasteiger partial charge in [-0.15, -0.1) is 11.3 Å². The van der Waals surface area contributed by atoms with Gasteiger partial charge in [-0.1, -0.05) is 12.1 Å². The molecule has 1 aromatic carbocycles. The van der Waals surface area contributed by atoms with Gasteiger partial charge in [0.05, 0.1) is 17.2 Å². The zero-order valence-electron chi connectivity index (χ0n) is 15.7. The average molecular weight is 410 g/mol. The van der Waals surface area contributed by atoms with Gasteiger partial charge in [-0.25, -0.2) is 9.37 Å². The van der Waals surface area contributed by atoms with E-state index in [1.54, 1.807) is 36.8 Å². The van der Waals surface area contributed by atoms with Gasteiger partial charge < -0.3 is 10.6 Å². The van der Waals surface area contributed by atoms with Crippen LogP contribution in [0.4, 0.5) is 4.39 Å². The van der Waals surface area contributed by atoms with Crippen LogP contribution in [0.2, 0.25) is 0 Å². The first-order valence-electron chi connectivity index (χ1n) is 9.17. The second kappa shape index (κ2) is 7.71. The Balaban J connectivity index is 1.85. The molecule has 4 rings (SSSR count). The maximum atomic E-state index is 13.7. The molecule has 2 atom stereocenters. The summed E-state index contributed by atoms with van der Waals surface area (Å²) in [5.74, 6) is -1.29. The molecule has 1 aliphatic rings. The van der Waals surface area contributed by atoms with E-state index >= 15 is 0 Å². The van der Waals surface area contributed by atoms with Crippen molar-refractivity contribution in [1.82, 2.24) is 14.9 Å². The van der Waals surface area contributed by atoms with Crippen LogP contribution in [0.25, 0.3) is 0 Å². The van der Waals surface area contributed by atoms with Crippen LogP contribution < -0.4 is 5.73 Å². The normalized spacial score (nSPS) is 16.3. The number of nitrogens with two attached hydrogens (primary N) is 1. The number of thiazole rings is 1. The summed E-state index contributed by atoms with van der Waals surface area (Å²) in [5.41, 5.74) is 10.2. The first-order valence-corrected chi connectivity index (χ1v) is 10.1. The summed E-state index contributed by atoms with van der Waals surface area (Å²) >= 11 is 1.22. The molecule has 0 aliphatic heterocycles. The summed E-state index contributed by atoms with van der Waals surface area (Å²) in [6.45, 7) is 1.75. The lowest BCUT2D eigenvalue weighted by atomic mass is 10.00. The Morgan fingerprint density at radius 1 is 1.34 bits per heavy atom. The number of hydrogen-bond acceptors (Lipinski definition) is 5. The number of carbonyl (C=O) groups excluding carboxylic acids is 2. The molecule has 0 radical (unpaired) electrons. The van der Waals surface area contributed by atoms with Crippen molar-refractivity contribution in [2.75, 3.05) is 0 Å². The van der Waals surface area contributed by atoms with Gasteiger partial charge in [0.1, 0.15) is 16.7 Å². The molecule has 2 amide bonds. The van der Waals surface area contributed by atoms with E-state index in [1.165, 1.54) is 34.6 Å². The number of primary amides is 1. The monoisotopic (exact) mass is 410 g/mol. The molecule has 2 N–H and O–H groups in total. The fourth-order valence-corrected chi connectivity index (χ4v) is 4.66. The van der Waals surface area contributed by atoms with Crippen molar-refractivity contribution in [1.29, 1.82) is 0 Å². The van der Waals surface area contributed by atoms with E-state index in [4.69, 9.17) is 5.73 Å². The number of rotatable bonds is 5. The maximum Gasteiger partial charge on any atom is 0.267 e. The number of benzene rings is 1. The predicted octanol–water partition coefficient (Wildman–Crippen LogP) is 3.34. The molecule has 29 heavy (non-hydrogen) atoms. The van der Waals surface area contributed by atoms with Gasteiger partial charge in [0.25, 0.3) is 5.91 Å². The van der Waals surface area contributed by atoms with Gasteiger partial charge >= 0.3 is 0 Å². The van der Waals surface area contributed by atoms with Crippen LogP contribution in [0.15, 0.2) is 48.2 Å². The number of fused-ring (bicyclic) bond motifs is 1. The fourth-order valence-electron chi connectivity index (χ4n) is 3.92. The SMILES string of the molecule is Cc1ncsc1C(=O)N(C(C(N)=O)c1cccnc1)[C@@H]1CCc2cc(F)ccc21. The van der Waals surface area contributed by atoms with Gasteiger partial charge in [0, 0.05) is 18.0 Å². The second-order valence-corrected chi connectivity index (χ2v) is 7.82. The summed E-state index contributed by atoms with van der Waals surface area (Å²) in [4.78, 5) is 36.4. The van der Waals surface area contributed by atoms with Crippen molar-refractivity contribution in [2.24, 2.45) is 5.73 Å². The van der Waals surface area contributed by atoms with Crippen molar-refractivity contribution < 1.29 is 14.0 Å². The molecule has 3 aromatic rings. The third-order valence-electron chi connectivity index (χ3n) is 5.21. The standard InChI is InChI=1S/C21H19FN4O2S/c1-12-19(29-11-25-12)21(28)26(18(20(23)27)14-3-2-8-24-10-14)17-7-4-13-9-15(22)5-6-16(13)17/h2-3,5-6,8-11,17-18H,4,7H2,1H3,(H2,23,27)/t17-,18?/m1/s1. The van der Waals surface area contributed by atoms with E-state index < -0.39 is 18.0 Å². The Hall–Kier alpha value is -3.13. The van der Waals surface area contributed by atoms with Gasteiger partial charge in [-0.3, -0.25) is 14.6 Å². The lowest BCUT2D eigenvalue weighted by molar-refractivity contribution is -0.123. The quantitative estimate of drug-likeness (QED) is 0.699. The highest BCUT2D eigenvalue weighted by Gasteiger charge is 2.40. The topological polar surface area (TPSA) is 89.2 Å². The Bertz CT molecular complexity index is 1070. The Morgan fingerprint density at radius 3 is 2.83 bits per heavy atom. The molecule has 0 saturated carbocycles. The van der Waals surface area contributed by atoms with Crippen LogP contribution in [0, 0.1) is 12.7 Å². The molecule has 1 unspecified atom stereocenters. The van der Waals surface area contributed by atoms with Crippen LogP contribution in [-0.2, 0) is 11.2 Å². The van der Waals surface area contributed by atoms with Crippen LogP contribution in [0.3, 0.4) is 0 Å². The number of carbonyl (C=O) groups is 2. The average Bonchev–Trinajstić information content (AvgIpc) is 3.31. The van der Waals surface area contributed by atoms with Crippen molar-refractivity contribution in [3.05, 3.63) is 81.3 Å². The lowest BCUT2D eigenvalue weighted by Gasteiger charge is -2.35. The molecule has 8 heteroatoms. The van der Waals surface area contributed by atoms with Crippen molar-refractivity contribution >= 4 is 23.2 Å². The molecular weight excluding hydrogens is 391 g/mol. The minimum atomic E-state index is -1.00. The fraction of sp³-hybridized carbons (Fsp3) is 0.238. The summed E-state index contributed by atoms with van der Waals surface area (Å²) in [5, 5.41) is 0. The van der Waals surface area contributed by atoms with Gasteiger partial charge in [-0.05, 0) is 49.1 Å². The minimum absolute atomic E-state index is 0.320. The molecule has 148 valence electrons. The number of nitrogens with zero attached hydrogens (tertiary/aromatic N) is 3. The van der Waals surface area contributed by atoms with Crippen LogP contribution in [0.1, 0.15) is 50.6 Å². The molecule has 0 bridgehead atoms. The Labute approximate surface area is 171 Å². The molecule has 0 fully saturated rings. The number of aryl methyl sites for hydroxylation is 2. The first kappa shape index (κ1) is 19.2. The van der Waals surface area contributed by atoms with Crippen molar-refractivity contribution in [2.45, 2.75) is 31.8 Å². The number of hydrogen-bond donors (Lipinski definition) is 1. The summed E-state index contributed by atoms with van der Waals surface area (Å²) in [6.07, 6.45) is 4.32. The summed E-state index contributed by atoms with van der Waals surface area (Å²) in [6, 6.07) is 6.56. The van der Waals surface area contributed by atoms with E-state index in [2.05, 4.69) is 9.97 Å². The first-order chi connectivity index (χ1) is 14.0. The van der Waals surface area contributed by atoms with Gasteiger partial charge in [-0.2, -0.15) is 0 Å². The van der Waals surface area contributed by atoms with Gasteiger partial charge in [0.15, 0.2) is 0 Å². The predicted molar refractivity (Wildman–Crippen MR) is 107 cm³/mol. The highest BCUT2D eigenvalue weighted by molar-refractivity contribution is 7.11. The Morgan fingerprint density at radius 2 is 2.17 bits per heavy atom. The van der Waals surface area contributed by atoms with E-state index in [0.29, 0.717) is 29.0 Å². The zero-order chi connectivity index (χ0) is 20.5. The molecule has 1 aliphatic carbocycles. The molecule has 0 spiro atoms. The third kappa shape index (κ3) is 3.51. The highest BCUT2D eigenvalue weighted by Crippen LogP contribution is 2.41. The van der Waals surface area contributed by atoms with E-state index in [9.17, 15) is 14.0 Å². The molecular formula is C21H19FN4O2S. The molecule has 2 heterocycles. The van der Waals surface area contributed by atoms with Crippen molar-refractivity contribution in [3.63, 3.8) is 0 Å². The summed E-state index contributed by atoms with van der Waals surface area (Å²) in [7, 11) is 0. The van der Waals surface area contributed by atoms with Crippen LogP contribution in [-0.4, -0.2) is 26.7 Å². The smallest absolute Gasteiger partial charge is 0.267 e. The van der Waals surface area contributed by atoms with E-state index in [0.717, 1.165) is 11.1 Å². The number of aromatic nitrogens is 2. The minimum Gasteiger partial charge on any atom is -0.368 e. The van der Waals surface area contributed by atoms with Crippen molar-refractivity contribution in [3.8, 4) is 0 Å². The third-order valence-corrected chi connectivity index (χ3v) is 6.13. The number of pyridine rings is 1. The van der Waals surface area contributed by atoms with E-state index in [-0.39, 0.29) is 11.7 Å². The Kier molecular flexibility index (Phi) is 5.10. The number of halogens is 1. The number of amides is 2. The molecule has 0 saturated heterocycles. The maximum absolute atomic E-state index is 13.7. The molecule has 6 nitrogen and oxygen atoms in total. The lowest BCUT2D eigenvalue weighted by Crippen LogP contribution is -2.43. The molecule has 2 aromatic heterocycles. The zero-order valence-corrected chi connectivity index (χ0v) is 16.5. The largest absolute Gasteiger partial charge is 0.368 e. The van der Waals surface area contributed by atoms with Crippen LogP contribution in [0.5, 0.6) is 0 Å². The van der Waals surface area contributed by atoms with Crippen LogP contribution >= 0.6 is 11.3 Å². The van der Waals surface area contributed by atoms with E-state index in [1.807, 2.05) is 0 Å². The highest BCUT2D eigenvalue weighted by atomic mass is 32.1. The summed E-state index contributed by atoms with van der Waals surface area (Å²) < 4.78 is 13.7. The second-order valence-electron chi connectivity index (χ2n) is 6.97. The van der Waals surface area contributed by atoms with Gasteiger partial charge in [0.2, 0.25) is 5.91 Å².